The molecule has 0 saturated carbocycles. The van der Waals surface area contributed by atoms with Crippen LogP contribution in [0, 0.1) is 0 Å². The van der Waals surface area contributed by atoms with Gasteiger partial charge in [-0.05, 0) is 18.2 Å². The van der Waals surface area contributed by atoms with Crippen molar-refractivity contribution in [2.24, 2.45) is 0 Å². The standard InChI is InChI=1S/C18H15N3O5/c22-17-12-8-19-4-3-14(12)21-9-13(17)18(23)20-5-6-24-11-1-2-15-16(7-11)26-10-25-15/h1-4,7-9H,5-6,10H2,(H,20,23)(H,21,22). The SMILES string of the molecule is O=C(NCCOc1ccc2c(c1)OCO2)c1c[nH]c2ccncc2c1=O. The summed E-state index contributed by atoms with van der Waals surface area (Å²) in [6.07, 6.45) is 4.41. The number of carbonyl (C=O) groups is 1. The van der Waals surface area contributed by atoms with E-state index in [9.17, 15) is 9.59 Å². The molecule has 3 aromatic rings. The molecule has 1 aliphatic rings. The first-order valence-electron chi connectivity index (χ1n) is 7.98. The molecule has 0 saturated heterocycles. The zero-order valence-electron chi connectivity index (χ0n) is 13.7. The number of hydrogen-bond acceptors (Lipinski definition) is 6. The zero-order chi connectivity index (χ0) is 17.9. The van der Waals surface area contributed by atoms with Crippen LogP contribution in [0.25, 0.3) is 10.9 Å². The van der Waals surface area contributed by atoms with Crippen LogP contribution in [0.4, 0.5) is 0 Å². The minimum atomic E-state index is -0.466. The number of rotatable bonds is 5. The maximum Gasteiger partial charge on any atom is 0.256 e. The third kappa shape index (κ3) is 3.04. The molecule has 0 spiro atoms. The van der Waals surface area contributed by atoms with Crippen LogP contribution in [0.3, 0.4) is 0 Å². The van der Waals surface area contributed by atoms with Crippen molar-refractivity contribution in [3.05, 3.63) is 58.6 Å². The number of benzene rings is 1. The average molecular weight is 353 g/mol. The molecule has 1 amide bonds. The average Bonchev–Trinajstić information content (AvgIpc) is 3.13. The Bertz CT molecular complexity index is 1030. The lowest BCUT2D eigenvalue weighted by Gasteiger charge is -2.08. The summed E-state index contributed by atoms with van der Waals surface area (Å²) in [5, 5.41) is 3.04. The Morgan fingerprint density at radius 2 is 2.15 bits per heavy atom. The van der Waals surface area contributed by atoms with Crippen LogP contribution in [-0.2, 0) is 0 Å². The van der Waals surface area contributed by atoms with Crippen molar-refractivity contribution >= 4 is 16.8 Å². The van der Waals surface area contributed by atoms with Crippen LogP contribution < -0.4 is 25.0 Å². The summed E-state index contributed by atoms with van der Waals surface area (Å²) >= 11 is 0. The van der Waals surface area contributed by atoms with E-state index in [0.717, 1.165) is 0 Å². The van der Waals surface area contributed by atoms with Crippen molar-refractivity contribution in [1.29, 1.82) is 0 Å². The number of ether oxygens (including phenoxy) is 3. The van der Waals surface area contributed by atoms with E-state index in [4.69, 9.17) is 14.2 Å². The van der Waals surface area contributed by atoms with E-state index < -0.39 is 5.91 Å². The van der Waals surface area contributed by atoms with E-state index >= 15 is 0 Å². The van der Waals surface area contributed by atoms with Gasteiger partial charge in [-0.25, -0.2) is 0 Å². The van der Waals surface area contributed by atoms with Gasteiger partial charge in [0.1, 0.15) is 17.9 Å². The van der Waals surface area contributed by atoms with Crippen molar-refractivity contribution in [2.45, 2.75) is 0 Å². The van der Waals surface area contributed by atoms with Crippen molar-refractivity contribution in [3.8, 4) is 17.2 Å². The Balaban J connectivity index is 1.36. The maximum atomic E-state index is 12.4. The van der Waals surface area contributed by atoms with Crippen LogP contribution >= 0.6 is 0 Å². The van der Waals surface area contributed by atoms with Gasteiger partial charge in [-0.3, -0.25) is 14.6 Å². The molecule has 0 radical (unpaired) electrons. The number of carbonyl (C=O) groups excluding carboxylic acids is 1. The van der Waals surface area contributed by atoms with Gasteiger partial charge < -0.3 is 24.5 Å². The van der Waals surface area contributed by atoms with E-state index in [0.29, 0.717) is 28.2 Å². The zero-order valence-corrected chi connectivity index (χ0v) is 13.7. The third-order valence-corrected chi connectivity index (χ3v) is 3.93. The second-order valence-electron chi connectivity index (χ2n) is 5.57. The third-order valence-electron chi connectivity index (χ3n) is 3.93. The molecule has 0 atom stereocenters. The second-order valence-corrected chi connectivity index (χ2v) is 5.57. The highest BCUT2D eigenvalue weighted by Gasteiger charge is 2.14. The quantitative estimate of drug-likeness (QED) is 0.673. The van der Waals surface area contributed by atoms with E-state index in [2.05, 4.69) is 15.3 Å². The number of fused-ring (bicyclic) bond motifs is 2. The molecule has 0 bridgehead atoms. The molecular weight excluding hydrogens is 338 g/mol. The highest BCUT2D eigenvalue weighted by Crippen LogP contribution is 2.34. The number of aromatic nitrogens is 2. The highest BCUT2D eigenvalue weighted by molar-refractivity contribution is 5.96. The normalized spacial score (nSPS) is 12.2. The van der Waals surface area contributed by atoms with E-state index in [1.807, 2.05) is 0 Å². The number of pyridine rings is 2. The fraction of sp³-hybridized carbons (Fsp3) is 0.167. The molecule has 0 fully saturated rings. The molecule has 1 aliphatic heterocycles. The molecule has 3 heterocycles. The summed E-state index contributed by atoms with van der Waals surface area (Å²) in [4.78, 5) is 31.4. The van der Waals surface area contributed by atoms with Gasteiger partial charge in [-0.15, -0.1) is 0 Å². The van der Waals surface area contributed by atoms with Crippen molar-refractivity contribution in [2.75, 3.05) is 19.9 Å². The lowest BCUT2D eigenvalue weighted by Crippen LogP contribution is -2.32. The summed E-state index contributed by atoms with van der Waals surface area (Å²) in [7, 11) is 0. The molecule has 26 heavy (non-hydrogen) atoms. The molecule has 8 heteroatoms. The number of nitrogens with one attached hydrogen (secondary N) is 2. The van der Waals surface area contributed by atoms with Crippen molar-refractivity contribution in [3.63, 3.8) is 0 Å². The fourth-order valence-electron chi connectivity index (χ4n) is 2.63. The Labute approximate surface area is 147 Å². The molecule has 0 unspecified atom stereocenters. The van der Waals surface area contributed by atoms with E-state index in [1.165, 1.54) is 12.4 Å². The highest BCUT2D eigenvalue weighted by atomic mass is 16.7. The molecule has 2 N–H and O–H groups in total. The first kappa shape index (κ1) is 15.9. The van der Waals surface area contributed by atoms with E-state index in [-0.39, 0.29) is 30.9 Å². The number of H-pyrrole nitrogens is 1. The first-order chi connectivity index (χ1) is 12.7. The summed E-state index contributed by atoms with van der Waals surface area (Å²) < 4.78 is 16.1. The molecule has 0 aliphatic carbocycles. The molecular formula is C18H15N3O5. The number of aromatic amines is 1. The smallest absolute Gasteiger partial charge is 0.256 e. The Hall–Kier alpha value is -3.55. The predicted molar refractivity (Wildman–Crippen MR) is 92.8 cm³/mol. The molecule has 132 valence electrons. The Kier molecular flexibility index (Phi) is 4.14. The number of amides is 1. The molecule has 1 aromatic carbocycles. The Morgan fingerprint density at radius 1 is 1.27 bits per heavy atom. The number of hydrogen-bond donors (Lipinski definition) is 2. The summed E-state index contributed by atoms with van der Waals surface area (Å²) in [6.45, 7) is 0.695. The Morgan fingerprint density at radius 3 is 3.08 bits per heavy atom. The fourth-order valence-corrected chi connectivity index (χ4v) is 2.63. The van der Waals surface area contributed by atoms with Gasteiger partial charge >= 0.3 is 0 Å². The van der Waals surface area contributed by atoms with Gasteiger partial charge in [0.2, 0.25) is 12.2 Å². The van der Waals surface area contributed by atoms with Crippen LogP contribution in [-0.4, -0.2) is 35.8 Å². The first-order valence-corrected chi connectivity index (χ1v) is 7.98. The largest absolute Gasteiger partial charge is 0.492 e. The maximum absolute atomic E-state index is 12.4. The monoisotopic (exact) mass is 353 g/mol. The molecule has 4 rings (SSSR count). The van der Waals surface area contributed by atoms with Crippen LogP contribution in [0.1, 0.15) is 10.4 Å². The summed E-state index contributed by atoms with van der Waals surface area (Å²) in [6, 6.07) is 6.93. The topological polar surface area (TPSA) is 103 Å². The van der Waals surface area contributed by atoms with Gasteiger partial charge in [0.05, 0.1) is 17.4 Å². The van der Waals surface area contributed by atoms with Gasteiger partial charge in [-0.1, -0.05) is 0 Å². The van der Waals surface area contributed by atoms with Gasteiger partial charge in [0.15, 0.2) is 11.5 Å². The van der Waals surface area contributed by atoms with Crippen LogP contribution in [0.5, 0.6) is 17.2 Å². The molecule has 2 aromatic heterocycles. The minimum Gasteiger partial charge on any atom is -0.492 e. The van der Waals surface area contributed by atoms with Crippen LogP contribution in [0.15, 0.2) is 47.7 Å². The van der Waals surface area contributed by atoms with Gasteiger partial charge in [-0.2, -0.15) is 0 Å². The van der Waals surface area contributed by atoms with Crippen molar-refractivity contribution < 1.29 is 19.0 Å². The molecule has 8 nitrogen and oxygen atoms in total. The lowest BCUT2D eigenvalue weighted by molar-refractivity contribution is 0.0945. The van der Waals surface area contributed by atoms with Crippen molar-refractivity contribution in [1.82, 2.24) is 15.3 Å². The lowest BCUT2D eigenvalue weighted by atomic mass is 10.2. The summed E-state index contributed by atoms with van der Waals surface area (Å²) in [5.41, 5.74) is 0.308. The number of nitrogens with zero attached hydrogens (tertiary/aromatic N) is 1. The van der Waals surface area contributed by atoms with Gasteiger partial charge in [0.25, 0.3) is 5.91 Å². The van der Waals surface area contributed by atoms with E-state index in [1.54, 1.807) is 30.5 Å². The minimum absolute atomic E-state index is 0.0357. The predicted octanol–water partition coefficient (Wildman–Crippen LogP) is 1.46. The summed E-state index contributed by atoms with van der Waals surface area (Å²) in [5.74, 6) is 1.45. The van der Waals surface area contributed by atoms with Gasteiger partial charge in [0, 0.05) is 24.7 Å². The van der Waals surface area contributed by atoms with Crippen LogP contribution in [0.2, 0.25) is 0 Å². The second kappa shape index (κ2) is 6.75.